The number of nitrogens with zero attached hydrogens (tertiary/aromatic N) is 2. The molecule has 5 aromatic rings. The molecular formula is C36H33N3O4. The van der Waals surface area contributed by atoms with Crippen LogP contribution in [0.15, 0.2) is 121 Å². The Kier molecular flexibility index (Phi) is 8.91. The summed E-state index contributed by atoms with van der Waals surface area (Å²) in [6.07, 6.45) is 1.66. The van der Waals surface area contributed by atoms with Gasteiger partial charge in [-0.2, -0.15) is 0 Å². The molecule has 1 aliphatic heterocycles. The molecule has 4 aromatic carbocycles. The number of fused-ring (bicyclic) bond motifs is 2. The molecule has 0 bridgehead atoms. The summed E-state index contributed by atoms with van der Waals surface area (Å²) in [5, 5.41) is 3.85. The maximum atomic E-state index is 14.1. The van der Waals surface area contributed by atoms with Crippen molar-refractivity contribution in [3.05, 3.63) is 138 Å². The Bertz CT molecular complexity index is 1670. The summed E-state index contributed by atoms with van der Waals surface area (Å²) in [5.74, 6) is -1.29. The largest absolute Gasteiger partial charge is 0.497 e. The second kappa shape index (κ2) is 13.1. The van der Waals surface area contributed by atoms with Gasteiger partial charge in [-0.15, -0.1) is 0 Å². The predicted octanol–water partition coefficient (Wildman–Crippen LogP) is 6.97. The highest BCUT2D eigenvalue weighted by Gasteiger charge is 2.47. The molecule has 0 aliphatic carbocycles. The highest BCUT2D eigenvalue weighted by atomic mass is 16.5. The molecule has 0 saturated carbocycles. The van der Waals surface area contributed by atoms with Gasteiger partial charge >= 0.3 is 0 Å². The summed E-state index contributed by atoms with van der Waals surface area (Å²) in [6.45, 7) is 3.96. The first kappa shape index (κ1) is 29.2. The van der Waals surface area contributed by atoms with Crippen molar-refractivity contribution in [1.29, 1.82) is 0 Å². The molecule has 0 saturated heterocycles. The van der Waals surface area contributed by atoms with Gasteiger partial charge in [0, 0.05) is 17.5 Å². The van der Waals surface area contributed by atoms with Crippen LogP contribution in [0.2, 0.25) is 0 Å². The van der Waals surface area contributed by atoms with Crippen LogP contribution in [-0.4, -0.2) is 40.8 Å². The molecule has 7 nitrogen and oxygen atoms in total. The average Bonchev–Trinajstić information content (AvgIpc) is 3.30. The minimum absolute atomic E-state index is 0.0842. The zero-order chi connectivity index (χ0) is 30.3. The number of ether oxygens (including phenoxy) is 1. The van der Waals surface area contributed by atoms with Crippen LogP contribution in [0, 0.1) is 5.92 Å². The highest BCUT2D eigenvalue weighted by molar-refractivity contribution is 6.23. The van der Waals surface area contributed by atoms with Crippen molar-refractivity contribution in [2.45, 2.75) is 25.8 Å². The number of pyridine rings is 1. The highest BCUT2D eigenvalue weighted by Crippen LogP contribution is 2.37. The van der Waals surface area contributed by atoms with Crippen LogP contribution >= 0.6 is 0 Å². The van der Waals surface area contributed by atoms with Crippen LogP contribution in [0.25, 0.3) is 10.9 Å². The first-order valence-corrected chi connectivity index (χ1v) is 14.2. The normalized spacial score (nSPS) is 13.6. The number of methoxy groups -OCH3 is 1. The molecular weight excluding hydrogens is 538 g/mol. The molecule has 7 heteroatoms. The van der Waals surface area contributed by atoms with Crippen molar-refractivity contribution in [2.75, 3.05) is 12.4 Å². The van der Waals surface area contributed by atoms with Gasteiger partial charge in [-0.05, 0) is 47.9 Å². The Morgan fingerprint density at radius 3 is 1.88 bits per heavy atom. The second-order valence-corrected chi connectivity index (χ2v) is 10.5. The van der Waals surface area contributed by atoms with Crippen molar-refractivity contribution in [3.63, 3.8) is 0 Å². The van der Waals surface area contributed by atoms with E-state index < -0.39 is 29.7 Å². The molecule has 2 heterocycles. The smallest absolute Gasteiger partial charge is 0.262 e. The molecule has 0 fully saturated rings. The summed E-state index contributed by atoms with van der Waals surface area (Å²) < 4.78 is 5.31. The average molecular weight is 572 g/mol. The maximum absolute atomic E-state index is 14.1. The monoisotopic (exact) mass is 571 g/mol. The molecule has 1 N–H and O–H groups in total. The number of hydrogen-bond donors (Lipinski definition) is 1. The zero-order valence-electron chi connectivity index (χ0n) is 24.3. The topological polar surface area (TPSA) is 88.6 Å². The number of nitrogens with one attached hydrogen (secondary N) is 1. The molecule has 43 heavy (non-hydrogen) atoms. The number of benzene rings is 4. The van der Waals surface area contributed by atoms with Crippen LogP contribution in [0.3, 0.4) is 0 Å². The van der Waals surface area contributed by atoms with Crippen LogP contribution in [0.4, 0.5) is 5.69 Å². The lowest BCUT2D eigenvalue weighted by Gasteiger charge is -2.35. The van der Waals surface area contributed by atoms with Gasteiger partial charge in [0.05, 0.1) is 29.4 Å². The summed E-state index contributed by atoms with van der Waals surface area (Å²) in [4.78, 5) is 46.8. The van der Waals surface area contributed by atoms with Crippen LogP contribution in [0.5, 0.6) is 5.75 Å². The Labute approximate surface area is 251 Å². The third-order valence-electron chi connectivity index (χ3n) is 7.49. The molecule has 3 amide bonds. The summed E-state index contributed by atoms with van der Waals surface area (Å²) in [7, 11) is 1.59. The first-order chi connectivity index (χ1) is 20.9. The zero-order valence-corrected chi connectivity index (χ0v) is 24.3. The second-order valence-electron chi connectivity index (χ2n) is 10.5. The Hall–Kier alpha value is -5.30. The van der Waals surface area contributed by atoms with E-state index in [4.69, 9.17) is 4.74 Å². The standard InChI is InChI=1S/C30H27N3O4.C6H6/c1-18(2)25(19-13-15-21(37-3)16-14-19)27(33-29(35)22-10-4-5-11-23(22)30(33)36)28(34)32-24-12-6-8-20-9-7-17-31-26(20)24;1-2-4-6-5-3-1/h4-18,25,27H,1-3H3,(H,32,34);1-6H/t25-,27+;/m0./s1. The van der Waals surface area contributed by atoms with Crippen molar-refractivity contribution in [1.82, 2.24) is 9.88 Å². The number of imide groups is 1. The number of hydrogen-bond acceptors (Lipinski definition) is 5. The number of anilines is 1. The Morgan fingerprint density at radius 2 is 1.33 bits per heavy atom. The van der Waals surface area contributed by atoms with Crippen molar-refractivity contribution >= 4 is 34.3 Å². The fraction of sp³-hybridized carbons (Fsp3) is 0.167. The quantitative estimate of drug-likeness (QED) is 0.213. The Morgan fingerprint density at radius 1 is 0.744 bits per heavy atom. The van der Waals surface area contributed by atoms with E-state index in [1.54, 1.807) is 43.6 Å². The van der Waals surface area contributed by atoms with Gasteiger partial charge in [-0.3, -0.25) is 24.3 Å². The lowest BCUT2D eigenvalue weighted by atomic mass is 9.81. The van der Waals surface area contributed by atoms with Gasteiger partial charge in [0.1, 0.15) is 11.8 Å². The SMILES string of the molecule is COc1ccc([C@H](C(C)C)[C@H](C(=O)Nc2cccc3cccnc23)N2C(=O)c3ccccc3C2=O)cc1.c1ccccc1. The maximum Gasteiger partial charge on any atom is 0.262 e. The third-order valence-corrected chi connectivity index (χ3v) is 7.49. The molecule has 0 radical (unpaired) electrons. The van der Waals surface area contributed by atoms with Crippen LogP contribution < -0.4 is 10.1 Å². The lowest BCUT2D eigenvalue weighted by Crippen LogP contribution is -2.51. The number of para-hydroxylation sites is 1. The lowest BCUT2D eigenvalue weighted by molar-refractivity contribution is -0.121. The Balaban J connectivity index is 0.000000548. The molecule has 216 valence electrons. The van der Waals surface area contributed by atoms with E-state index in [0.717, 1.165) is 15.8 Å². The minimum Gasteiger partial charge on any atom is -0.497 e. The van der Waals surface area contributed by atoms with E-state index in [1.807, 2.05) is 98.8 Å². The number of carbonyl (C=O) groups excluding carboxylic acids is 3. The van der Waals surface area contributed by atoms with Crippen LogP contribution in [0.1, 0.15) is 46.0 Å². The van der Waals surface area contributed by atoms with E-state index in [9.17, 15) is 14.4 Å². The van der Waals surface area contributed by atoms with E-state index in [0.29, 0.717) is 28.1 Å². The van der Waals surface area contributed by atoms with Crippen molar-refractivity contribution in [3.8, 4) is 5.75 Å². The van der Waals surface area contributed by atoms with Gasteiger partial charge < -0.3 is 10.1 Å². The van der Waals surface area contributed by atoms with Gasteiger partial charge in [0.25, 0.3) is 11.8 Å². The number of aromatic nitrogens is 1. The third kappa shape index (κ3) is 6.16. The summed E-state index contributed by atoms with van der Waals surface area (Å²) >= 11 is 0. The van der Waals surface area contributed by atoms with Crippen LogP contribution in [-0.2, 0) is 4.79 Å². The first-order valence-electron chi connectivity index (χ1n) is 14.2. The fourth-order valence-corrected chi connectivity index (χ4v) is 5.46. The number of amides is 3. The van der Waals surface area contributed by atoms with E-state index in [1.165, 1.54) is 0 Å². The van der Waals surface area contributed by atoms with E-state index >= 15 is 0 Å². The van der Waals surface area contributed by atoms with Crippen molar-refractivity contribution in [2.24, 2.45) is 5.92 Å². The molecule has 6 rings (SSSR count). The fourth-order valence-electron chi connectivity index (χ4n) is 5.46. The predicted molar refractivity (Wildman–Crippen MR) is 168 cm³/mol. The molecule has 0 spiro atoms. The number of carbonyl (C=O) groups is 3. The minimum atomic E-state index is -1.10. The summed E-state index contributed by atoms with van der Waals surface area (Å²) in [5.41, 5.74) is 2.57. The van der Waals surface area contributed by atoms with E-state index in [-0.39, 0.29) is 5.92 Å². The molecule has 1 aromatic heterocycles. The van der Waals surface area contributed by atoms with Gasteiger partial charge in [0.15, 0.2) is 0 Å². The molecule has 1 aliphatic rings. The molecule has 2 atom stereocenters. The van der Waals surface area contributed by atoms with Gasteiger partial charge in [-0.1, -0.05) is 92.7 Å². The van der Waals surface area contributed by atoms with Crippen molar-refractivity contribution < 1.29 is 19.1 Å². The van der Waals surface area contributed by atoms with E-state index in [2.05, 4.69) is 10.3 Å². The van der Waals surface area contributed by atoms with Gasteiger partial charge in [-0.25, -0.2) is 0 Å². The molecule has 0 unspecified atom stereocenters. The number of rotatable bonds is 7. The van der Waals surface area contributed by atoms with Gasteiger partial charge in [0.2, 0.25) is 5.91 Å². The summed E-state index contributed by atoms with van der Waals surface area (Å²) in [6, 6.07) is 34.2.